The number of amides is 2. The number of aryl methyl sites for hydroxylation is 1. The van der Waals surface area contributed by atoms with Gasteiger partial charge in [0.25, 0.3) is 0 Å². The van der Waals surface area contributed by atoms with Gasteiger partial charge in [0, 0.05) is 79.3 Å². The highest BCUT2D eigenvalue weighted by Gasteiger charge is 2.33. The van der Waals surface area contributed by atoms with Gasteiger partial charge in [-0.3, -0.25) is 9.59 Å². The van der Waals surface area contributed by atoms with Crippen LogP contribution in [0.15, 0.2) is 122 Å². The summed E-state index contributed by atoms with van der Waals surface area (Å²) in [5.74, 6) is 0.660. The van der Waals surface area contributed by atoms with E-state index in [1.54, 1.807) is 0 Å². The van der Waals surface area contributed by atoms with Gasteiger partial charge < -0.3 is 19.4 Å². The molecule has 2 heterocycles. The van der Waals surface area contributed by atoms with E-state index in [9.17, 15) is 9.59 Å². The van der Waals surface area contributed by atoms with Crippen molar-refractivity contribution in [3.63, 3.8) is 0 Å². The van der Waals surface area contributed by atoms with E-state index in [2.05, 4.69) is 93.6 Å². The van der Waals surface area contributed by atoms with Crippen LogP contribution in [0.25, 0.3) is 21.8 Å². The van der Waals surface area contributed by atoms with E-state index >= 15 is 0 Å². The molecule has 1 N–H and O–H groups in total. The van der Waals surface area contributed by atoms with Gasteiger partial charge in [-0.1, -0.05) is 97.1 Å². The molecule has 6 heteroatoms. The van der Waals surface area contributed by atoms with E-state index in [1.807, 2.05) is 47.4 Å². The number of H-pyrrole nitrogens is 1. The van der Waals surface area contributed by atoms with Gasteiger partial charge in [-0.2, -0.15) is 0 Å². The van der Waals surface area contributed by atoms with Crippen LogP contribution in [0.4, 0.5) is 0 Å². The molecule has 0 atom stereocenters. The second kappa shape index (κ2) is 14.8. The highest BCUT2D eigenvalue weighted by Crippen LogP contribution is 2.32. The molecule has 48 heavy (non-hydrogen) atoms. The molecule has 0 radical (unpaired) electrons. The fourth-order valence-electron chi connectivity index (χ4n) is 6.87. The third-order valence-electron chi connectivity index (χ3n) is 9.66. The Balaban J connectivity index is 1.01. The largest absolute Gasteiger partial charge is 0.361 e. The monoisotopic (exact) mass is 636 g/mol. The molecule has 2 aromatic heterocycles. The number of aromatic amines is 1. The van der Waals surface area contributed by atoms with Crippen LogP contribution in [-0.4, -0.2) is 44.3 Å². The highest BCUT2D eigenvalue weighted by molar-refractivity contribution is 5.85. The molecule has 0 spiro atoms. The van der Waals surface area contributed by atoms with Gasteiger partial charge in [0.05, 0.1) is 0 Å². The quantitative estimate of drug-likeness (QED) is 0.124. The van der Waals surface area contributed by atoms with Crippen molar-refractivity contribution in [3.8, 4) is 0 Å². The highest BCUT2D eigenvalue weighted by atomic mass is 16.2. The van der Waals surface area contributed by atoms with E-state index in [0.29, 0.717) is 32.6 Å². The number of benzene rings is 4. The third-order valence-corrected chi connectivity index (χ3v) is 9.66. The van der Waals surface area contributed by atoms with E-state index < -0.39 is 0 Å². The summed E-state index contributed by atoms with van der Waals surface area (Å²) in [6.45, 7) is 3.39. The normalized spacial score (nSPS) is 12.8. The number of hydrogen-bond donors (Lipinski definition) is 1. The maximum absolute atomic E-state index is 13.8. The van der Waals surface area contributed by atoms with Gasteiger partial charge in [0.2, 0.25) is 11.8 Å². The van der Waals surface area contributed by atoms with Crippen molar-refractivity contribution in [2.75, 3.05) is 13.1 Å². The number of carbonyl (C=O) groups excluding carboxylic acids is 2. The molecule has 0 bridgehead atoms. The third kappa shape index (κ3) is 7.54. The first kappa shape index (κ1) is 31.5. The smallest absolute Gasteiger partial charge is 0.225 e. The molecule has 0 aliphatic heterocycles. The van der Waals surface area contributed by atoms with E-state index in [1.165, 1.54) is 33.0 Å². The van der Waals surface area contributed by atoms with Crippen molar-refractivity contribution < 1.29 is 9.59 Å². The minimum Gasteiger partial charge on any atom is -0.361 e. The van der Waals surface area contributed by atoms with E-state index in [-0.39, 0.29) is 17.7 Å². The van der Waals surface area contributed by atoms with Gasteiger partial charge in [0.1, 0.15) is 0 Å². The number of aromatic nitrogens is 2. The second-order valence-corrected chi connectivity index (χ2v) is 13.1. The molecule has 4 aromatic carbocycles. The second-order valence-electron chi connectivity index (χ2n) is 13.1. The summed E-state index contributed by atoms with van der Waals surface area (Å²) in [7, 11) is 0. The average molecular weight is 637 g/mol. The summed E-state index contributed by atoms with van der Waals surface area (Å²) in [6, 6.07) is 37.5. The van der Waals surface area contributed by atoms with Crippen LogP contribution in [0.5, 0.6) is 0 Å². The zero-order valence-corrected chi connectivity index (χ0v) is 27.6. The van der Waals surface area contributed by atoms with Crippen LogP contribution in [0.2, 0.25) is 0 Å². The van der Waals surface area contributed by atoms with Gasteiger partial charge in [0.15, 0.2) is 0 Å². The zero-order valence-electron chi connectivity index (χ0n) is 27.6. The minimum atomic E-state index is 0.186. The van der Waals surface area contributed by atoms with Gasteiger partial charge >= 0.3 is 0 Å². The topological polar surface area (TPSA) is 61.3 Å². The van der Waals surface area contributed by atoms with Gasteiger partial charge in [-0.05, 0) is 66.5 Å². The SMILES string of the molecule is O=C(CCCn1cc(CCN(Cc2ccccc2)C(=O)C2CC2)c2ccccc21)N(CCc1c[nH]c2ccccc12)Cc1ccccc1. The number of fused-ring (bicyclic) bond motifs is 2. The van der Waals surface area contributed by atoms with Gasteiger partial charge in [-0.25, -0.2) is 0 Å². The lowest BCUT2D eigenvalue weighted by atomic mass is 10.1. The lowest BCUT2D eigenvalue weighted by Gasteiger charge is -2.23. The lowest BCUT2D eigenvalue weighted by molar-refractivity contribution is -0.133. The molecule has 1 saturated carbocycles. The summed E-state index contributed by atoms with van der Waals surface area (Å²) >= 11 is 0. The molecule has 0 unspecified atom stereocenters. The van der Waals surface area contributed by atoms with Crippen LogP contribution in [-0.2, 0) is 42.1 Å². The van der Waals surface area contributed by atoms with Crippen molar-refractivity contribution in [2.24, 2.45) is 5.92 Å². The minimum absolute atomic E-state index is 0.186. The molecule has 1 aliphatic rings. The lowest BCUT2D eigenvalue weighted by Crippen LogP contribution is -2.33. The molecule has 0 saturated heterocycles. The Hall–Kier alpha value is -5.10. The number of para-hydroxylation sites is 2. The number of rotatable bonds is 15. The Morgan fingerprint density at radius 1 is 0.688 bits per heavy atom. The first-order valence-corrected chi connectivity index (χ1v) is 17.4. The van der Waals surface area contributed by atoms with Crippen LogP contribution in [0, 0.1) is 5.92 Å². The Morgan fingerprint density at radius 2 is 1.29 bits per heavy atom. The molecule has 1 aliphatic carbocycles. The average Bonchev–Trinajstić information content (AvgIpc) is 3.81. The molecular formula is C42H44N4O2. The van der Waals surface area contributed by atoms with Crippen LogP contribution in [0.1, 0.15) is 47.9 Å². The number of nitrogens with zero attached hydrogens (tertiary/aromatic N) is 3. The van der Waals surface area contributed by atoms with Crippen LogP contribution >= 0.6 is 0 Å². The Morgan fingerprint density at radius 3 is 2.02 bits per heavy atom. The predicted molar refractivity (Wildman–Crippen MR) is 193 cm³/mol. The van der Waals surface area contributed by atoms with Gasteiger partial charge in [-0.15, -0.1) is 0 Å². The summed E-state index contributed by atoms with van der Waals surface area (Å²) in [6.07, 6.45) is 9.19. The number of hydrogen-bond acceptors (Lipinski definition) is 2. The Labute approximate surface area is 283 Å². The fraction of sp³-hybridized carbons (Fsp3) is 0.286. The fourth-order valence-corrected chi connectivity index (χ4v) is 6.87. The molecular weight excluding hydrogens is 592 g/mol. The molecule has 244 valence electrons. The first-order chi connectivity index (χ1) is 23.6. The molecule has 1 fully saturated rings. The summed E-state index contributed by atoms with van der Waals surface area (Å²) < 4.78 is 2.30. The van der Waals surface area contributed by atoms with Crippen molar-refractivity contribution in [1.82, 2.24) is 19.4 Å². The van der Waals surface area contributed by atoms with E-state index in [0.717, 1.165) is 49.7 Å². The molecule has 6 nitrogen and oxygen atoms in total. The molecule has 2 amide bonds. The van der Waals surface area contributed by atoms with Crippen LogP contribution in [0.3, 0.4) is 0 Å². The summed E-state index contributed by atoms with van der Waals surface area (Å²) in [4.78, 5) is 34.4. The number of carbonyl (C=O) groups is 2. The van der Waals surface area contributed by atoms with E-state index in [4.69, 9.17) is 0 Å². The number of nitrogens with one attached hydrogen (secondary N) is 1. The molecule has 7 rings (SSSR count). The van der Waals surface area contributed by atoms with Crippen molar-refractivity contribution in [1.29, 1.82) is 0 Å². The van der Waals surface area contributed by atoms with Crippen molar-refractivity contribution in [2.45, 2.75) is 58.2 Å². The van der Waals surface area contributed by atoms with Crippen LogP contribution < -0.4 is 0 Å². The Kier molecular flexibility index (Phi) is 9.69. The predicted octanol–water partition coefficient (Wildman–Crippen LogP) is 8.16. The first-order valence-electron chi connectivity index (χ1n) is 17.4. The Bertz CT molecular complexity index is 1970. The maximum atomic E-state index is 13.8. The summed E-state index contributed by atoms with van der Waals surface area (Å²) in [5, 5.41) is 2.45. The van der Waals surface area contributed by atoms with Crippen molar-refractivity contribution in [3.05, 3.63) is 144 Å². The maximum Gasteiger partial charge on any atom is 0.225 e. The van der Waals surface area contributed by atoms with Crippen molar-refractivity contribution >= 4 is 33.6 Å². The standard InChI is InChI=1S/C42H44N4O2/c47-41(45(29-32-12-3-1-4-13-32)26-23-35-28-43-39-18-9-7-16-37(35)39)20-11-25-44-31-36(38-17-8-10-19-40(38)44)24-27-46(42(48)34-21-22-34)30-33-14-5-2-6-15-33/h1-10,12-19,28,31,34,43H,11,20-27,29-30H2. The summed E-state index contributed by atoms with van der Waals surface area (Å²) in [5.41, 5.74) is 7.12. The zero-order chi connectivity index (χ0) is 32.7. The molecule has 6 aromatic rings.